The minimum Gasteiger partial charge on any atom is -0.393 e. The van der Waals surface area contributed by atoms with Crippen molar-refractivity contribution >= 4 is 16.9 Å². The van der Waals surface area contributed by atoms with Gasteiger partial charge in [0.25, 0.3) is 5.91 Å². The molecule has 10 nitrogen and oxygen atoms in total. The molecule has 194 valence electrons. The summed E-state index contributed by atoms with van der Waals surface area (Å²) in [5, 5.41) is 13.7. The van der Waals surface area contributed by atoms with E-state index in [0.29, 0.717) is 24.6 Å². The van der Waals surface area contributed by atoms with Crippen LogP contribution in [0.25, 0.3) is 32.6 Å². The number of hydrogen-bond acceptors (Lipinski definition) is 6. The Bertz CT molecular complexity index is 1730. The SMILES string of the molecule is CN1C(=O)c2cccc(C3CC3)c2[C@H]2C[C@@H]1c1nc3ccc(-c4cnc(C5(N=[N+]=[N-])CC(O)C5)nc4)cc3n12. The standard InChI is InChI=1S/C29H26N8O2/c1-36-24-10-23(25-19(15-5-6-15)3-2-4-20(25)27(36)39)37-22-9-16(7-8-21(22)33-26(24)37)17-13-31-28(32-14-17)29(34-35-30)11-18(38)12-29/h2-4,7-9,13-15,18,23-24,38H,5-6,10-12H2,1H3/t18?,23-,24-,29?/m1/s1. The second-order valence-electron chi connectivity index (χ2n) is 11.4. The average Bonchev–Trinajstić information content (AvgIpc) is 3.64. The predicted octanol–water partition coefficient (Wildman–Crippen LogP) is 5.15. The molecular formula is C29H26N8O2. The Morgan fingerprint density at radius 1 is 1.10 bits per heavy atom. The summed E-state index contributed by atoms with van der Waals surface area (Å²) >= 11 is 0. The number of amides is 1. The van der Waals surface area contributed by atoms with Crippen LogP contribution in [0.4, 0.5) is 0 Å². The van der Waals surface area contributed by atoms with Crippen LogP contribution >= 0.6 is 0 Å². The fourth-order valence-electron chi connectivity index (χ4n) is 6.91. The van der Waals surface area contributed by atoms with E-state index in [1.807, 2.05) is 36.2 Å². The summed E-state index contributed by atoms with van der Waals surface area (Å²) < 4.78 is 2.35. The van der Waals surface area contributed by atoms with Gasteiger partial charge in [0.2, 0.25) is 0 Å². The first-order valence-corrected chi connectivity index (χ1v) is 13.5. The Kier molecular flexibility index (Phi) is 4.58. The minimum atomic E-state index is -0.880. The quantitative estimate of drug-likeness (QED) is 0.227. The van der Waals surface area contributed by atoms with E-state index in [1.54, 1.807) is 12.4 Å². The summed E-state index contributed by atoms with van der Waals surface area (Å²) in [6.45, 7) is 0. The van der Waals surface area contributed by atoms with E-state index in [-0.39, 0.29) is 18.0 Å². The van der Waals surface area contributed by atoms with Gasteiger partial charge in [-0.2, -0.15) is 0 Å². The molecule has 2 aromatic heterocycles. The predicted molar refractivity (Wildman–Crippen MR) is 143 cm³/mol. The lowest BCUT2D eigenvalue weighted by Gasteiger charge is -2.39. The van der Waals surface area contributed by atoms with Crippen LogP contribution in [0.15, 0.2) is 53.9 Å². The van der Waals surface area contributed by atoms with Gasteiger partial charge in [-0.1, -0.05) is 23.3 Å². The topological polar surface area (TPSA) is 133 Å². The maximum Gasteiger partial charge on any atom is 0.254 e. The van der Waals surface area contributed by atoms with E-state index in [2.05, 4.69) is 36.7 Å². The summed E-state index contributed by atoms with van der Waals surface area (Å²) in [7, 11) is 1.90. The third-order valence-electron chi connectivity index (χ3n) is 9.07. The van der Waals surface area contributed by atoms with Gasteiger partial charge < -0.3 is 14.6 Å². The molecule has 8 rings (SSSR count). The van der Waals surface area contributed by atoms with Gasteiger partial charge in [-0.3, -0.25) is 4.79 Å². The van der Waals surface area contributed by atoms with Gasteiger partial charge in [-0.05, 0) is 72.0 Å². The molecule has 1 amide bonds. The molecule has 39 heavy (non-hydrogen) atoms. The first-order chi connectivity index (χ1) is 19.0. The smallest absolute Gasteiger partial charge is 0.254 e. The highest BCUT2D eigenvalue weighted by Gasteiger charge is 2.47. The van der Waals surface area contributed by atoms with Crippen molar-refractivity contribution in [3.05, 3.63) is 87.6 Å². The number of carbonyl (C=O) groups excluding carboxylic acids is 1. The van der Waals surface area contributed by atoms with Gasteiger partial charge >= 0.3 is 0 Å². The molecule has 2 fully saturated rings. The highest BCUT2D eigenvalue weighted by molar-refractivity contribution is 5.97. The zero-order chi connectivity index (χ0) is 26.5. The average molecular weight is 519 g/mol. The number of fused-ring (bicyclic) bond motifs is 9. The van der Waals surface area contributed by atoms with Crippen molar-refractivity contribution in [2.45, 2.75) is 61.7 Å². The second kappa shape index (κ2) is 7.88. The molecule has 2 aromatic carbocycles. The van der Waals surface area contributed by atoms with Gasteiger partial charge in [0.1, 0.15) is 17.2 Å². The zero-order valence-corrected chi connectivity index (χ0v) is 21.4. The van der Waals surface area contributed by atoms with Crippen molar-refractivity contribution in [1.82, 2.24) is 24.4 Å². The molecule has 2 bridgehead atoms. The number of aliphatic hydroxyl groups is 1. The summed E-state index contributed by atoms with van der Waals surface area (Å²) in [5.74, 6) is 1.98. The number of benzene rings is 2. The number of hydrogen-bond donors (Lipinski definition) is 1. The van der Waals surface area contributed by atoms with Crippen LogP contribution in [-0.4, -0.2) is 48.6 Å². The lowest BCUT2D eigenvalue weighted by Crippen LogP contribution is -2.44. The number of aromatic nitrogens is 4. The zero-order valence-electron chi connectivity index (χ0n) is 21.4. The Hall–Kier alpha value is -4.27. The maximum atomic E-state index is 13.5. The third kappa shape index (κ3) is 3.16. The largest absolute Gasteiger partial charge is 0.393 e. The van der Waals surface area contributed by atoms with Crippen LogP contribution in [0.3, 0.4) is 0 Å². The fourth-order valence-corrected chi connectivity index (χ4v) is 6.91. The Balaban J connectivity index is 1.24. The van der Waals surface area contributed by atoms with E-state index >= 15 is 0 Å². The molecule has 0 saturated heterocycles. The summed E-state index contributed by atoms with van der Waals surface area (Å²) in [6.07, 6.45) is 6.83. The number of rotatable bonds is 4. The molecule has 0 unspecified atom stereocenters. The minimum absolute atomic E-state index is 0.0540. The first kappa shape index (κ1) is 22.7. The van der Waals surface area contributed by atoms with Gasteiger partial charge in [0, 0.05) is 41.9 Å². The lowest BCUT2D eigenvalue weighted by atomic mass is 9.74. The molecule has 4 heterocycles. The molecule has 2 aliphatic carbocycles. The highest BCUT2D eigenvalue weighted by atomic mass is 16.3. The van der Waals surface area contributed by atoms with Crippen molar-refractivity contribution in [1.29, 1.82) is 0 Å². The second-order valence-corrected chi connectivity index (χ2v) is 11.4. The van der Waals surface area contributed by atoms with Crippen molar-refractivity contribution in [3.63, 3.8) is 0 Å². The number of azide groups is 1. The van der Waals surface area contributed by atoms with E-state index in [9.17, 15) is 9.90 Å². The normalized spacial score (nSPS) is 27.0. The van der Waals surface area contributed by atoms with E-state index in [1.165, 1.54) is 24.0 Å². The Labute approximate surface area is 224 Å². The summed E-state index contributed by atoms with van der Waals surface area (Å²) in [6, 6.07) is 12.4. The molecule has 1 N–H and O–H groups in total. The van der Waals surface area contributed by atoms with Crippen LogP contribution in [0.5, 0.6) is 0 Å². The maximum absolute atomic E-state index is 13.5. The van der Waals surface area contributed by atoms with Crippen LogP contribution in [0.1, 0.15) is 83.2 Å². The number of imidazole rings is 1. The van der Waals surface area contributed by atoms with Crippen molar-refractivity contribution in [2.24, 2.45) is 5.11 Å². The van der Waals surface area contributed by atoms with Crippen molar-refractivity contribution < 1.29 is 9.90 Å². The molecule has 2 aliphatic heterocycles. The number of carbonyl (C=O) groups is 1. The molecule has 0 spiro atoms. The third-order valence-corrected chi connectivity index (χ3v) is 9.07. The van der Waals surface area contributed by atoms with E-state index in [0.717, 1.165) is 40.0 Å². The van der Waals surface area contributed by atoms with Crippen molar-refractivity contribution in [2.75, 3.05) is 7.05 Å². The summed E-state index contributed by atoms with van der Waals surface area (Å²) in [5.41, 5.74) is 15.2. The summed E-state index contributed by atoms with van der Waals surface area (Å²) in [4.78, 5) is 32.4. The van der Waals surface area contributed by atoms with Gasteiger partial charge in [-0.15, -0.1) is 0 Å². The van der Waals surface area contributed by atoms with E-state index in [4.69, 9.17) is 10.5 Å². The molecule has 10 heteroatoms. The molecule has 4 aromatic rings. The first-order valence-electron chi connectivity index (χ1n) is 13.5. The molecule has 0 radical (unpaired) electrons. The monoisotopic (exact) mass is 518 g/mol. The molecule has 4 aliphatic rings. The van der Waals surface area contributed by atoms with Crippen LogP contribution < -0.4 is 0 Å². The Morgan fingerprint density at radius 3 is 2.62 bits per heavy atom. The molecule has 2 saturated carbocycles. The fraction of sp³-hybridized carbons (Fsp3) is 0.379. The van der Waals surface area contributed by atoms with Gasteiger partial charge in [0.05, 0.1) is 29.2 Å². The van der Waals surface area contributed by atoms with Crippen molar-refractivity contribution in [3.8, 4) is 11.1 Å². The Morgan fingerprint density at radius 2 is 1.90 bits per heavy atom. The van der Waals surface area contributed by atoms with Crippen LogP contribution in [0, 0.1) is 0 Å². The van der Waals surface area contributed by atoms with Gasteiger partial charge in [0.15, 0.2) is 0 Å². The van der Waals surface area contributed by atoms with Gasteiger partial charge in [-0.25, -0.2) is 15.0 Å². The molecule has 2 atom stereocenters. The number of nitrogens with zero attached hydrogens (tertiary/aromatic N) is 8. The number of aliphatic hydroxyl groups excluding tert-OH is 1. The highest BCUT2D eigenvalue weighted by Crippen LogP contribution is 2.52. The van der Waals surface area contributed by atoms with Crippen LogP contribution in [-0.2, 0) is 5.54 Å². The van der Waals surface area contributed by atoms with Crippen LogP contribution in [0.2, 0.25) is 0 Å². The molecular weight excluding hydrogens is 492 g/mol. The lowest BCUT2D eigenvalue weighted by molar-refractivity contribution is 0.0167. The van der Waals surface area contributed by atoms with E-state index < -0.39 is 11.6 Å².